The van der Waals surface area contributed by atoms with E-state index in [1.165, 1.54) is 0 Å². The number of carboxylic acids is 1. The van der Waals surface area contributed by atoms with Gasteiger partial charge in [0.15, 0.2) is 0 Å². The molecule has 1 amide bonds. The van der Waals surface area contributed by atoms with Crippen molar-refractivity contribution in [3.63, 3.8) is 0 Å². The lowest BCUT2D eigenvalue weighted by Gasteiger charge is -2.38. The van der Waals surface area contributed by atoms with Crippen molar-refractivity contribution in [2.24, 2.45) is 0 Å². The van der Waals surface area contributed by atoms with Crippen LogP contribution in [0.4, 0.5) is 0 Å². The highest BCUT2D eigenvalue weighted by Gasteiger charge is 2.46. The molecule has 2 N–H and O–H groups in total. The van der Waals surface area contributed by atoms with Gasteiger partial charge in [-0.3, -0.25) is 4.79 Å². The van der Waals surface area contributed by atoms with E-state index >= 15 is 0 Å². The number of nitrogens with one attached hydrogen (secondary N) is 1. The van der Waals surface area contributed by atoms with Crippen LogP contribution in [0.3, 0.4) is 0 Å². The molecule has 1 heterocycles. The molecule has 102 valence electrons. The first kappa shape index (κ1) is 13.3. The zero-order valence-corrected chi connectivity index (χ0v) is 10.7. The van der Waals surface area contributed by atoms with Crippen LogP contribution in [-0.4, -0.2) is 54.1 Å². The van der Waals surface area contributed by atoms with Gasteiger partial charge < -0.3 is 10.4 Å². The van der Waals surface area contributed by atoms with E-state index in [4.69, 9.17) is 5.11 Å². The molecule has 2 rings (SSSR count). The summed E-state index contributed by atoms with van der Waals surface area (Å²) in [6.07, 6.45) is 2.08. The summed E-state index contributed by atoms with van der Waals surface area (Å²) >= 11 is 0. The molecule has 1 saturated heterocycles. The van der Waals surface area contributed by atoms with Crippen LogP contribution in [0.2, 0.25) is 0 Å². The van der Waals surface area contributed by atoms with Crippen molar-refractivity contribution >= 4 is 21.9 Å². The zero-order chi connectivity index (χ0) is 13.4. The molecule has 18 heavy (non-hydrogen) atoms. The summed E-state index contributed by atoms with van der Waals surface area (Å²) < 4.78 is 24.1. The lowest BCUT2D eigenvalue weighted by molar-refractivity contribution is -0.151. The number of nitrogens with zero attached hydrogens (tertiary/aromatic N) is 1. The van der Waals surface area contributed by atoms with Crippen molar-refractivity contribution in [2.75, 3.05) is 18.8 Å². The van der Waals surface area contributed by atoms with E-state index < -0.39 is 27.4 Å². The van der Waals surface area contributed by atoms with Gasteiger partial charge in [0, 0.05) is 6.54 Å². The molecule has 2 aliphatic rings. The van der Waals surface area contributed by atoms with Crippen molar-refractivity contribution in [2.45, 2.75) is 31.2 Å². The second-order valence-electron chi connectivity index (χ2n) is 4.79. The number of hydrogen-bond donors (Lipinski definition) is 2. The minimum atomic E-state index is -3.32. The highest BCUT2D eigenvalue weighted by Crippen LogP contribution is 2.32. The van der Waals surface area contributed by atoms with E-state index in [0.29, 0.717) is 25.8 Å². The van der Waals surface area contributed by atoms with Crippen LogP contribution in [0.15, 0.2) is 0 Å². The second-order valence-corrected chi connectivity index (χ2v) is 6.88. The van der Waals surface area contributed by atoms with Gasteiger partial charge in [-0.05, 0) is 25.7 Å². The molecule has 1 aliphatic carbocycles. The molecule has 8 heteroatoms. The fourth-order valence-corrected chi connectivity index (χ4v) is 3.73. The highest BCUT2D eigenvalue weighted by molar-refractivity contribution is 7.89. The minimum absolute atomic E-state index is 0.0599. The van der Waals surface area contributed by atoms with E-state index in [-0.39, 0.29) is 12.3 Å². The van der Waals surface area contributed by atoms with Gasteiger partial charge >= 0.3 is 5.97 Å². The number of aliphatic carboxylic acids is 1. The average Bonchev–Trinajstić information content (AvgIpc) is 2.51. The first-order chi connectivity index (χ1) is 8.36. The number of carbonyl (C=O) groups is 2. The third-order valence-electron chi connectivity index (χ3n) is 3.52. The van der Waals surface area contributed by atoms with Crippen LogP contribution in [0, 0.1) is 0 Å². The Kier molecular flexibility index (Phi) is 3.33. The Balaban J connectivity index is 1.95. The fourth-order valence-electron chi connectivity index (χ4n) is 2.26. The van der Waals surface area contributed by atoms with Crippen molar-refractivity contribution < 1.29 is 23.1 Å². The molecular formula is C10H16N2O5S. The van der Waals surface area contributed by atoms with Crippen molar-refractivity contribution in [1.82, 2.24) is 9.62 Å². The third-order valence-corrected chi connectivity index (χ3v) is 5.42. The Morgan fingerprint density at radius 2 is 1.94 bits per heavy atom. The van der Waals surface area contributed by atoms with Crippen LogP contribution < -0.4 is 5.32 Å². The number of sulfonamides is 1. The Labute approximate surface area is 105 Å². The lowest BCUT2D eigenvalue weighted by atomic mass is 9.77. The maximum atomic E-state index is 11.7. The van der Waals surface area contributed by atoms with E-state index in [1.807, 2.05) is 0 Å². The Bertz CT molecular complexity index is 469. The van der Waals surface area contributed by atoms with Gasteiger partial charge in [0.25, 0.3) is 0 Å². The Morgan fingerprint density at radius 1 is 1.28 bits per heavy atom. The molecule has 0 spiro atoms. The molecule has 1 saturated carbocycles. The standard InChI is InChI=1S/C10H16N2O5S/c13-8(7-12-5-2-6-18(12,16)17)11-10(9(14)15)3-1-4-10/h1-7H2,(H,11,13)(H,14,15). The predicted molar refractivity (Wildman–Crippen MR) is 62.3 cm³/mol. The first-order valence-electron chi connectivity index (χ1n) is 5.88. The molecule has 0 unspecified atom stereocenters. The first-order valence-corrected chi connectivity index (χ1v) is 7.49. The van der Waals surface area contributed by atoms with Crippen LogP contribution in [0.5, 0.6) is 0 Å². The van der Waals surface area contributed by atoms with Gasteiger partial charge in [-0.2, -0.15) is 4.31 Å². The summed E-state index contributed by atoms with van der Waals surface area (Å²) in [5.41, 5.74) is -1.18. The number of carboxylic acid groups (broad SMARTS) is 1. The summed E-state index contributed by atoms with van der Waals surface area (Å²) in [7, 11) is -3.32. The van der Waals surface area contributed by atoms with Crippen LogP contribution in [0.1, 0.15) is 25.7 Å². The van der Waals surface area contributed by atoms with E-state index in [2.05, 4.69) is 5.32 Å². The Morgan fingerprint density at radius 3 is 2.33 bits per heavy atom. The molecule has 0 atom stereocenters. The fraction of sp³-hybridized carbons (Fsp3) is 0.800. The molecule has 0 aromatic carbocycles. The topological polar surface area (TPSA) is 104 Å². The monoisotopic (exact) mass is 276 g/mol. The maximum absolute atomic E-state index is 11.7. The molecular weight excluding hydrogens is 260 g/mol. The maximum Gasteiger partial charge on any atom is 0.329 e. The van der Waals surface area contributed by atoms with Crippen molar-refractivity contribution in [3.8, 4) is 0 Å². The van der Waals surface area contributed by atoms with Crippen molar-refractivity contribution in [1.29, 1.82) is 0 Å². The van der Waals surface area contributed by atoms with E-state index in [9.17, 15) is 18.0 Å². The summed E-state index contributed by atoms with van der Waals surface area (Å²) in [5, 5.41) is 11.5. The zero-order valence-electron chi connectivity index (χ0n) is 9.89. The molecule has 0 aromatic rings. The lowest BCUT2D eigenvalue weighted by Crippen LogP contribution is -2.60. The van der Waals surface area contributed by atoms with Gasteiger partial charge in [0.2, 0.25) is 15.9 Å². The predicted octanol–water partition coefficient (Wildman–Crippen LogP) is -0.855. The van der Waals surface area contributed by atoms with Gasteiger partial charge in [0.05, 0.1) is 12.3 Å². The average molecular weight is 276 g/mol. The number of rotatable bonds is 4. The summed E-state index contributed by atoms with van der Waals surface area (Å²) in [4.78, 5) is 22.8. The SMILES string of the molecule is O=C(CN1CCCS1(=O)=O)NC1(C(=O)O)CCC1. The van der Waals surface area contributed by atoms with Crippen molar-refractivity contribution in [3.05, 3.63) is 0 Å². The van der Waals surface area contributed by atoms with E-state index in [0.717, 1.165) is 10.7 Å². The van der Waals surface area contributed by atoms with Crippen LogP contribution >= 0.6 is 0 Å². The largest absolute Gasteiger partial charge is 0.480 e. The van der Waals surface area contributed by atoms with Gasteiger partial charge in [0.1, 0.15) is 5.54 Å². The van der Waals surface area contributed by atoms with E-state index in [1.54, 1.807) is 0 Å². The second kappa shape index (κ2) is 4.51. The normalized spacial score (nSPS) is 25.3. The molecule has 7 nitrogen and oxygen atoms in total. The third kappa shape index (κ3) is 2.35. The minimum Gasteiger partial charge on any atom is -0.480 e. The van der Waals surface area contributed by atoms with Crippen LogP contribution in [-0.2, 0) is 19.6 Å². The van der Waals surface area contributed by atoms with Crippen LogP contribution in [0.25, 0.3) is 0 Å². The molecule has 0 aromatic heterocycles. The summed E-state index contributed by atoms with van der Waals surface area (Å²) in [5.74, 6) is -1.53. The number of amides is 1. The van der Waals surface area contributed by atoms with Gasteiger partial charge in [-0.25, -0.2) is 13.2 Å². The summed E-state index contributed by atoms with van der Waals surface area (Å²) in [6.45, 7) is 0.0488. The molecule has 0 radical (unpaired) electrons. The number of carbonyl (C=O) groups excluding carboxylic acids is 1. The van der Waals surface area contributed by atoms with Gasteiger partial charge in [-0.1, -0.05) is 0 Å². The quantitative estimate of drug-likeness (QED) is 0.695. The van der Waals surface area contributed by atoms with Gasteiger partial charge in [-0.15, -0.1) is 0 Å². The molecule has 1 aliphatic heterocycles. The molecule has 2 fully saturated rings. The Hall–Kier alpha value is -1.15. The number of hydrogen-bond acceptors (Lipinski definition) is 4. The molecule has 0 bridgehead atoms. The smallest absolute Gasteiger partial charge is 0.329 e. The highest BCUT2D eigenvalue weighted by atomic mass is 32.2. The summed E-state index contributed by atoms with van der Waals surface area (Å²) in [6, 6.07) is 0.